The fourth-order valence-electron chi connectivity index (χ4n) is 2.89. The topological polar surface area (TPSA) is 58.1 Å². The van der Waals surface area contributed by atoms with Crippen molar-refractivity contribution < 1.29 is 9.47 Å². The minimum absolute atomic E-state index is 0. The summed E-state index contributed by atoms with van der Waals surface area (Å²) in [6.45, 7) is 1.35. The zero-order valence-corrected chi connectivity index (χ0v) is 19.6. The lowest BCUT2D eigenvalue weighted by Gasteiger charge is -2.26. The van der Waals surface area contributed by atoms with Gasteiger partial charge in [0.1, 0.15) is 11.5 Å². The van der Waals surface area contributed by atoms with E-state index in [1.807, 2.05) is 36.4 Å². The van der Waals surface area contributed by atoms with Crippen molar-refractivity contribution in [2.75, 3.05) is 41.9 Å². The van der Waals surface area contributed by atoms with Crippen molar-refractivity contribution in [1.82, 2.24) is 15.5 Å². The fraction of sp³-hybridized carbons (Fsp3) is 0.381. The second-order valence-electron chi connectivity index (χ2n) is 6.37. The van der Waals surface area contributed by atoms with Gasteiger partial charge in [0.25, 0.3) is 0 Å². The molecule has 0 radical (unpaired) electrons. The molecular weight excluding hydrogens is 467 g/mol. The second-order valence-corrected chi connectivity index (χ2v) is 6.37. The first kappa shape index (κ1) is 24.0. The van der Waals surface area contributed by atoms with Crippen molar-refractivity contribution >= 4 is 29.9 Å². The molecule has 7 heteroatoms. The van der Waals surface area contributed by atoms with Crippen molar-refractivity contribution in [3.8, 4) is 11.5 Å². The normalized spacial score (nSPS) is 12.1. The average Bonchev–Trinajstić information content (AvgIpc) is 2.70. The third-order valence-electron chi connectivity index (χ3n) is 4.43. The Labute approximate surface area is 185 Å². The number of aliphatic imine (C=N–C) groups is 1. The molecule has 0 heterocycles. The maximum atomic E-state index is 5.40. The first-order valence-electron chi connectivity index (χ1n) is 8.95. The minimum atomic E-state index is 0. The molecule has 0 aromatic heterocycles. The lowest BCUT2D eigenvalue weighted by Crippen LogP contribution is -2.41. The average molecular weight is 498 g/mol. The van der Waals surface area contributed by atoms with Gasteiger partial charge in [-0.25, -0.2) is 0 Å². The molecule has 1 atom stereocenters. The van der Waals surface area contributed by atoms with Crippen LogP contribution in [0.2, 0.25) is 0 Å². The van der Waals surface area contributed by atoms with E-state index in [-0.39, 0.29) is 30.0 Å². The molecule has 2 N–H and O–H groups in total. The summed E-state index contributed by atoms with van der Waals surface area (Å²) in [4.78, 5) is 6.50. The van der Waals surface area contributed by atoms with Crippen LogP contribution in [0.3, 0.4) is 0 Å². The number of rotatable bonds is 8. The number of nitrogens with one attached hydrogen (secondary N) is 2. The van der Waals surface area contributed by atoms with Crippen molar-refractivity contribution in [1.29, 1.82) is 0 Å². The number of hydrogen-bond donors (Lipinski definition) is 2. The monoisotopic (exact) mass is 498 g/mol. The summed E-state index contributed by atoms with van der Waals surface area (Å²) in [5.41, 5.74) is 2.27. The Kier molecular flexibility index (Phi) is 10.7. The first-order valence-corrected chi connectivity index (χ1v) is 8.95. The molecule has 0 spiro atoms. The molecule has 0 amide bonds. The van der Waals surface area contributed by atoms with E-state index in [1.165, 1.54) is 5.56 Å². The number of methoxy groups -OCH3 is 2. The summed E-state index contributed by atoms with van der Waals surface area (Å²) in [6, 6.07) is 16.3. The molecule has 6 nitrogen and oxygen atoms in total. The van der Waals surface area contributed by atoms with Gasteiger partial charge in [-0.2, -0.15) is 0 Å². The first-order chi connectivity index (χ1) is 13.1. The number of likely N-dealkylation sites (N-methyl/N-ethyl adjacent to an activating group) is 1. The van der Waals surface area contributed by atoms with Gasteiger partial charge < -0.3 is 25.0 Å². The largest absolute Gasteiger partial charge is 0.497 e. The number of benzene rings is 2. The van der Waals surface area contributed by atoms with E-state index in [0.29, 0.717) is 13.1 Å². The molecule has 2 rings (SSSR count). The van der Waals surface area contributed by atoms with Crippen LogP contribution in [0.15, 0.2) is 53.5 Å². The lowest BCUT2D eigenvalue weighted by atomic mass is 10.1. The van der Waals surface area contributed by atoms with Crippen LogP contribution in [0.4, 0.5) is 0 Å². The van der Waals surface area contributed by atoms with Crippen LogP contribution in [0.1, 0.15) is 17.2 Å². The van der Waals surface area contributed by atoms with Crippen LogP contribution < -0.4 is 20.1 Å². The van der Waals surface area contributed by atoms with Crippen LogP contribution in [-0.2, 0) is 6.54 Å². The third-order valence-corrected chi connectivity index (χ3v) is 4.43. The van der Waals surface area contributed by atoms with Crippen molar-refractivity contribution in [2.45, 2.75) is 12.6 Å². The molecule has 154 valence electrons. The van der Waals surface area contributed by atoms with Gasteiger partial charge in [-0.05, 0) is 37.9 Å². The van der Waals surface area contributed by atoms with Gasteiger partial charge in [0.15, 0.2) is 5.96 Å². The summed E-state index contributed by atoms with van der Waals surface area (Å²) in [6.07, 6.45) is 0. The highest BCUT2D eigenvalue weighted by molar-refractivity contribution is 14.0. The minimum Gasteiger partial charge on any atom is -0.497 e. The molecule has 28 heavy (non-hydrogen) atoms. The maximum Gasteiger partial charge on any atom is 0.191 e. The molecule has 0 aliphatic carbocycles. The fourth-order valence-corrected chi connectivity index (χ4v) is 2.89. The van der Waals surface area contributed by atoms with Gasteiger partial charge in [0.05, 0.1) is 20.3 Å². The molecule has 1 unspecified atom stereocenters. The van der Waals surface area contributed by atoms with Crippen molar-refractivity contribution in [3.63, 3.8) is 0 Å². The molecule has 0 saturated carbocycles. The molecule has 2 aromatic rings. The Morgan fingerprint density at radius 2 is 1.79 bits per heavy atom. The quantitative estimate of drug-likeness (QED) is 0.333. The molecule has 0 aliphatic rings. The number of guanidine groups is 1. The van der Waals surface area contributed by atoms with E-state index in [4.69, 9.17) is 9.47 Å². The highest BCUT2D eigenvalue weighted by Crippen LogP contribution is 2.22. The zero-order chi connectivity index (χ0) is 19.6. The Morgan fingerprint density at radius 3 is 2.43 bits per heavy atom. The third kappa shape index (κ3) is 6.87. The summed E-state index contributed by atoms with van der Waals surface area (Å²) in [5.74, 6) is 2.47. The van der Waals surface area contributed by atoms with Gasteiger partial charge >= 0.3 is 0 Å². The van der Waals surface area contributed by atoms with Gasteiger partial charge in [-0.3, -0.25) is 4.99 Å². The number of hydrogen-bond acceptors (Lipinski definition) is 4. The van der Waals surface area contributed by atoms with Gasteiger partial charge in [-0.15, -0.1) is 24.0 Å². The standard InChI is InChI=1S/C21H30N4O2.HI/c1-22-21(23-14-17-9-6-7-12-20(17)27-5)24-15-19(25(2)3)16-10-8-11-18(13-16)26-4;/h6-13,19H,14-15H2,1-5H3,(H2,22,23,24);1H. The zero-order valence-electron chi connectivity index (χ0n) is 17.2. The van der Waals surface area contributed by atoms with Crippen LogP contribution in [0, 0.1) is 0 Å². The number of para-hydroxylation sites is 1. The van der Waals surface area contributed by atoms with Crippen molar-refractivity contribution in [3.05, 3.63) is 59.7 Å². The van der Waals surface area contributed by atoms with Gasteiger partial charge in [0.2, 0.25) is 0 Å². The van der Waals surface area contributed by atoms with E-state index in [0.717, 1.165) is 23.0 Å². The molecule has 2 aromatic carbocycles. The van der Waals surface area contributed by atoms with Crippen LogP contribution in [0.5, 0.6) is 11.5 Å². The predicted molar refractivity (Wildman–Crippen MR) is 126 cm³/mol. The summed E-state index contributed by atoms with van der Waals surface area (Å²) in [5, 5.41) is 6.75. The van der Waals surface area contributed by atoms with E-state index in [1.54, 1.807) is 21.3 Å². The highest BCUT2D eigenvalue weighted by Gasteiger charge is 2.15. The smallest absolute Gasteiger partial charge is 0.191 e. The second kappa shape index (κ2) is 12.5. The summed E-state index contributed by atoms with van der Waals surface area (Å²) < 4.78 is 10.8. The Balaban J connectivity index is 0.00000392. The molecule has 0 saturated heterocycles. The highest BCUT2D eigenvalue weighted by atomic mass is 127. The Hall–Kier alpha value is -2.00. The SMILES string of the molecule is CN=C(NCc1ccccc1OC)NCC(c1cccc(OC)c1)N(C)C.I. The number of halogens is 1. The Bertz CT molecular complexity index is 753. The molecule has 0 bridgehead atoms. The summed E-state index contributed by atoms with van der Waals surface area (Å²) >= 11 is 0. The lowest BCUT2D eigenvalue weighted by molar-refractivity contribution is 0.297. The summed E-state index contributed by atoms with van der Waals surface area (Å²) in [7, 11) is 9.27. The van der Waals surface area contributed by atoms with Crippen LogP contribution in [0.25, 0.3) is 0 Å². The van der Waals surface area contributed by atoms with Gasteiger partial charge in [0, 0.05) is 25.7 Å². The number of ether oxygens (including phenoxy) is 2. The van der Waals surface area contributed by atoms with E-state index < -0.39 is 0 Å². The molecule has 0 aliphatic heterocycles. The molecular formula is C21H31IN4O2. The van der Waals surface area contributed by atoms with E-state index in [9.17, 15) is 0 Å². The van der Waals surface area contributed by atoms with E-state index in [2.05, 4.69) is 46.8 Å². The maximum absolute atomic E-state index is 5.40. The number of nitrogens with zero attached hydrogens (tertiary/aromatic N) is 2. The van der Waals surface area contributed by atoms with E-state index >= 15 is 0 Å². The van der Waals surface area contributed by atoms with Crippen LogP contribution >= 0.6 is 24.0 Å². The molecule has 0 fully saturated rings. The van der Waals surface area contributed by atoms with Crippen LogP contribution in [-0.4, -0.2) is 52.8 Å². The van der Waals surface area contributed by atoms with Gasteiger partial charge in [-0.1, -0.05) is 30.3 Å². The Morgan fingerprint density at radius 1 is 1.04 bits per heavy atom. The predicted octanol–water partition coefficient (Wildman–Crippen LogP) is 3.29. The van der Waals surface area contributed by atoms with Crippen molar-refractivity contribution in [2.24, 2.45) is 4.99 Å².